The Hall–Kier alpha value is -2.79. The van der Waals surface area contributed by atoms with Gasteiger partial charge in [-0.05, 0) is 37.1 Å². The molecule has 4 N–H and O–H groups in total. The average molecular weight is 354 g/mol. The van der Waals surface area contributed by atoms with E-state index in [0.29, 0.717) is 22.3 Å². The van der Waals surface area contributed by atoms with Crippen molar-refractivity contribution in [3.8, 4) is 0 Å². The molecule has 5 nitrogen and oxygen atoms in total. The zero-order chi connectivity index (χ0) is 17.8. The van der Waals surface area contributed by atoms with Crippen LogP contribution in [-0.4, -0.2) is 9.97 Å². The second kappa shape index (κ2) is 7.40. The summed E-state index contributed by atoms with van der Waals surface area (Å²) in [6, 6.07) is 15.8. The van der Waals surface area contributed by atoms with Gasteiger partial charge in [-0.15, -0.1) is 0 Å². The number of nitrogens with zero attached hydrogens (tertiary/aromatic N) is 2. The highest BCUT2D eigenvalue weighted by molar-refractivity contribution is 6.31. The maximum absolute atomic E-state index is 6.26. The van der Waals surface area contributed by atoms with Gasteiger partial charge in [-0.2, -0.15) is 0 Å². The Morgan fingerprint density at radius 3 is 2.48 bits per heavy atom. The van der Waals surface area contributed by atoms with E-state index in [0.717, 1.165) is 16.8 Å². The number of hydrogen-bond donors (Lipinski definition) is 3. The number of benzene rings is 2. The molecule has 3 rings (SSSR count). The second-order valence-electron chi connectivity index (χ2n) is 5.80. The number of anilines is 4. The van der Waals surface area contributed by atoms with Gasteiger partial charge in [-0.3, -0.25) is 0 Å². The van der Waals surface area contributed by atoms with Gasteiger partial charge < -0.3 is 16.4 Å². The number of nitrogens with one attached hydrogen (secondary N) is 2. The lowest BCUT2D eigenvalue weighted by atomic mass is 10.1. The first kappa shape index (κ1) is 17.0. The van der Waals surface area contributed by atoms with Gasteiger partial charge in [0.05, 0.1) is 6.04 Å². The molecule has 0 amide bonds. The van der Waals surface area contributed by atoms with Crippen molar-refractivity contribution in [1.82, 2.24) is 9.97 Å². The van der Waals surface area contributed by atoms with Crippen LogP contribution in [0.2, 0.25) is 5.02 Å². The fraction of sp³-hybridized carbons (Fsp3) is 0.158. The molecule has 0 aliphatic rings. The van der Waals surface area contributed by atoms with E-state index < -0.39 is 0 Å². The number of hydrogen-bond acceptors (Lipinski definition) is 5. The summed E-state index contributed by atoms with van der Waals surface area (Å²) in [4.78, 5) is 8.53. The molecule has 1 unspecified atom stereocenters. The highest BCUT2D eigenvalue weighted by Gasteiger charge is 2.13. The lowest BCUT2D eigenvalue weighted by molar-refractivity contribution is 0.873. The van der Waals surface area contributed by atoms with E-state index >= 15 is 0 Å². The molecule has 2 aromatic carbocycles. The maximum atomic E-state index is 6.26. The molecular weight excluding hydrogens is 334 g/mol. The zero-order valence-electron chi connectivity index (χ0n) is 14.1. The van der Waals surface area contributed by atoms with Crippen LogP contribution in [0, 0.1) is 6.92 Å². The first-order valence-corrected chi connectivity index (χ1v) is 8.38. The molecule has 0 fully saturated rings. The minimum Gasteiger partial charge on any atom is -0.393 e. The van der Waals surface area contributed by atoms with Crippen LogP contribution >= 0.6 is 11.6 Å². The molecule has 0 saturated heterocycles. The summed E-state index contributed by atoms with van der Waals surface area (Å²) in [5.41, 5.74) is 9.68. The van der Waals surface area contributed by atoms with Gasteiger partial charge in [0, 0.05) is 10.7 Å². The molecule has 1 heterocycles. The summed E-state index contributed by atoms with van der Waals surface area (Å²) in [7, 11) is 0. The quantitative estimate of drug-likeness (QED) is 0.605. The van der Waals surface area contributed by atoms with Crippen molar-refractivity contribution < 1.29 is 0 Å². The largest absolute Gasteiger partial charge is 0.393 e. The predicted molar refractivity (Wildman–Crippen MR) is 104 cm³/mol. The summed E-state index contributed by atoms with van der Waals surface area (Å²) in [5.74, 6) is 1.14. The summed E-state index contributed by atoms with van der Waals surface area (Å²) >= 11 is 6.17. The van der Waals surface area contributed by atoms with Gasteiger partial charge in [-0.25, -0.2) is 9.97 Å². The third kappa shape index (κ3) is 3.83. The molecule has 0 aliphatic heterocycles. The molecule has 128 valence electrons. The average Bonchev–Trinajstić information content (AvgIpc) is 2.63. The molecule has 0 spiro atoms. The predicted octanol–water partition coefficient (Wildman–Crippen LogP) is 4.94. The van der Waals surface area contributed by atoms with Crippen LogP contribution in [0.1, 0.15) is 24.1 Å². The molecule has 1 aromatic heterocycles. The van der Waals surface area contributed by atoms with Crippen molar-refractivity contribution in [1.29, 1.82) is 0 Å². The minimum atomic E-state index is 0.0687. The van der Waals surface area contributed by atoms with Crippen molar-refractivity contribution >= 4 is 34.6 Å². The third-order valence-corrected chi connectivity index (χ3v) is 4.47. The van der Waals surface area contributed by atoms with Crippen molar-refractivity contribution in [3.63, 3.8) is 0 Å². The lowest BCUT2D eigenvalue weighted by Gasteiger charge is -2.18. The van der Waals surface area contributed by atoms with Gasteiger partial charge in [0.1, 0.15) is 12.0 Å². The van der Waals surface area contributed by atoms with Gasteiger partial charge in [-0.1, -0.05) is 48.0 Å². The monoisotopic (exact) mass is 353 g/mol. The van der Waals surface area contributed by atoms with Crippen LogP contribution in [0.3, 0.4) is 0 Å². The Kier molecular flexibility index (Phi) is 5.05. The van der Waals surface area contributed by atoms with Crippen molar-refractivity contribution in [3.05, 3.63) is 71.0 Å². The van der Waals surface area contributed by atoms with E-state index in [-0.39, 0.29) is 6.04 Å². The number of nitrogen functional groups attached to an aromatic ring is 1. The molecule has 0 bridgehead atoms. The summed E-state index contributed by atoms with van der Waals surface area (Å²) < 4.78 is 0. The highest BCUT2D eigenvalue weighted by atomic mass is 35.5. The number of halogens is 1. The van der Waals surface area contributed by atoms with Gasteiger partial charge in [0.2, 0.25) is 0 Å². The standard InChI is InChI=1S/C19H20ClN5/c1-12-15(20)9-6-10-16(12)25-19-17(21)18(22-11-23-19)24-13(2)14-7-4-3-5-8-14/h3-11,13H,21H2,1-2H3,(H2,22,23,24,25). The molecule has 0 saturated carbocycles. The SMILES string of the molecule is Cc1c(Cl)cccc1Nc1ncnc(NC(C)c2ccccc2)c1N. The van der Waals surface area contributed by atoms with E-state index in [9.17, 15) is 0 Å². The van der Waals surface area contributed by atoms with Crippen LogP contribution < -0.4 is 16.4 Å². The Morgan fingerprint density at radius 2 is 1.72 bits per heavy atom. The van der Waals surface area contributed by atoms with E-state index in [1.54, 1.807) is 0 Å². The Labute approximate surface area is 152 Å². The lowest BCUT2D eigenvalue weighted by Crippen LogP contribution is -2.11. The smallest absolute Gasteiger partial charge is 0.159 e. The van der Waals surface area contributed by atoms with E-state index in [4.69, 9.17) is 17.3 Å². The first-order chi connectivity index (χ1) is 12.1. The molecular formula is C19H20ClN5. The van der Waals surface area contributed by atoms with E-state index in [1.807, 2.05) is 43.3 Å². The van der Waals surface area contributed by atoms with Crippen LogP contribution in [0.15, 0.2) is 54.9 Å². The van der Waals surface area contributed by atoms with E-state index in [2.05, 4.69) is 39.7 Å². The fourth-order valence-electron chi connectivity index (χ4n) is 2.51. The van der Waals surface area contributed by atoms with Gasteiger partial charge in [0.15, 0.2) is 11.6 Å². The van der Waals surface area contributed by atoms with Crippen LogP contribution in [0.25, 0.3) is 0 Å². The van der Waals surface area contributed by atoms with Crippen molar-refractivity contribution in [2.45, 2.75) is 19.9 Å². The van der Waals surface area contributed by atoms with Gasteiger partial charge in [0.25, 0.3) is 0 Å². The van der Waals surface area contributed by atoms with Crippen LogP contribution in [0.4, 0.5) is 23.0 Å². The van der Waals surface area contributed by atoms with Gasteiger partial charge >= 0.3 is 0 Å². The summed E-state index contributed by atoms with van der Waals surface area (Å²) in [6.45, 7) is 4.00. The Balaban J connectivity index is 1.84. The molecule has 3 aromatic rings. The summed E-state index contributed by atoms with van der Waals surface area (Å²) in [5, 5.41) is 7.26. The summed E-state index contributed by atoms with van der Waals surface area (Å²) in [6.07, 6.45) is 1.48. The molecule has 0 aliphatic carbocycles. The van der Waals surface area contributed by atoms with Crippen molar-refractivity contribution in [2.75, 3.05) is 16.4 Å². The number of nitrogens with two attached hydrogens (primary N) is 1. The van der Waals surface area contributed by atoms with Crippen molar-refractivity contribution in [2.24, 2.45) is 0 Å². The topological polar surface area (TPSA) is 75.9 Å². The van der Waals surface area contributed by atoms with Crippen LogP contribution in [0.5, 0.6) is 0 Å². The molecule has 1 atom stereocenters. The normalized spacial score (nSPS) is 11.8. The molecule has 6 heteroatoms. The minimum absolute atomic E-state index is 0.0687. The maximum Gasteiger partial charge on any atom is 0.159 e. The Bertz CT molecular complexity index is 867. The van der Waals surface area contributed by atoms with Crippen LogP contribution in [-0.2, 0) is 0 Å². The second-order valence-corrected chi connectivity index (χ2v) is 6.21. The molecule has 25 heavy (non-hydrogen) atoms. The zero-order valence-corrected chi connectivity index (χ0v) is 14.9. The molecule has 0 radical (unpaired) electrons. The fourth-order valence-corrected chi connectivity index (χ4v) is 2.69. The highest BCUT2D eigenvalue weighted by Crippen LogP contribution is 2.31. The number of rotatable bonds is 5. The van der Waals surface area contributed by atoms with E-state index in [1.165, 1.54) is 6.33 Å². The third-order valence-electron chi connectivity index (χ3n) is 4.06. The number of aromatic nitrogens is 2. The Morgan fingerprint density at radius 1 is 1.00 bits per heavy atom. The first-order valence-electron chi connectivity index (χ1n) is 8.00.